The van der Waals surface area contributed by atoms with Gasteiger partial charge in [-0.15, -0.1) is 0 Å². The fraction of sp³-hybridized carbons (Fsp3) is 0.240. The van der Waals surface area contributed by atoms with Crippen molar-refractivity contribution in [3.8, 4) is 5.75 Å². The molecule has 8 heteroatoms. The molecule has 0 spiro atoms. The second-order valence-electron chi connectivity index (χ2n) is 7.80. The van der Waals surface area contributed by atoms with Gasteiger partial charge >= 0.3 is 5.97 Å². The molecule has 0 unspecified atom stereocenters. The predicted molar refractivity (Wildman–Crippen MR) is 126 cm³/mol. The molecule has 1 amide bonds. The van der Waals surface area contributed by atoms with E-state index in [-0.39, 0.29) is 36.2 Å². The number of para-hydroxylation sites is 1. The van der Waals surface area contributed by atoms with Gasteiger partial charge in [0.05, 0.1) is 34.4 Å². The highest BCUT2D eigenvalue weighted by atomic mass is 35.5. The molecular formula is C25H22Cl2N2O4. The van der Waals surface area contributed by atoms with Gasteiger partial charge in [-0.3, -0.25) is 9.78 Å². The molecule has 1 aliphatic heterocycles. The van der Waals surface area contributed by atoms with E-state index in [0.29, 0.717) is 28.0 Å². The number of carbonyl (C=O) groups excluding carboxylic acids is 1. The molecule has 170 valence electrons. The van der Waals surface area contributed by atoms with Gasteiger partial charge in [0, 0.05) is 11.6 Å². The van der Waals surface area contributed by atoms with Crippen molar-refractivity contribution >= 4 is 35.1 Å². The highest BCUT2D eigenvalue weighted by Gasteiger charge is 2.31. The first-order valence-electron chi connectivity index (χ1n) is 10.6. The minimum atomic E-state index is -1.09. The van der Waals surface area contributed by atoms with E-state index in [1.807, 2.05) is 17.0 Å². The van der Waals surface area contributed by atoms with Gasteiger partial charge in [0.1, 0.15) is 12.4 Å². The van der Waals surface area contributed by atoms with Crippen molar-refractivity contribution in [2.24, 2.45) is 0 Å². The number of pyridine rings is 1. The van der Waals surface area contributed by atoms with E-state index in [1.54, 1.807) is 42.5 Å². The Morgan fingerprint density at radius 1 is 1.06 bits per heavy atom. The molecular weight excluding hydrogens is 463 g/mol. The van der Waals surface area contributed by atoms with Crippen LogP contribution in [0.5, 0.6) is 5.75 Å². The molecule has 2 aromatic carbocycles. The van der Waals surface area contributed by atoms with Crippen LogP contribution in [0.2, 0.25) is 10.0 Å². The number of halogens is 2. The Hall–Kier alpha value is -3.09. The molecule has 0 bridgehead atoms. The molecule has 1 fully saturated rings. The smallest absolute Gasteiger partial charge is 0.337 e. The third kappa shape index (κ3) is 5.46. The average molecular weight is 485 g/mol. The fourth-order valence-corrected chi connectivity index (χ4v) is 4.28. The molecule has 2 heterocycles. The number of aromatic nitrogens is 1. The van der Waals surface area contributed by atoms with E-state index in [1.165, 1.54) is 6.07 Å². The summed E-state index contributed by atoms with van der Waals surface area (Å²) in [6.07, 6.45) is 1.88. The molecule has 1 aromatic heterocycles. The quantitative estimate of drug-likeness (QED) is 0.473. The van der Waals surface area contributed by atoms with E-state index >= 15 is 0 Å². The molecule has 1 atom stereocenters. The number of nitrogens with zero attached hydrogens (tertiary/aromatic N) is 2. The van der Waals surface area contributed by atoms with Crippen molar-refractivity contribution in [1.29, 1.82) is 0 Å². The standard InChI is InChI=1S/C25H22Cl2N2O4/c26-17-9-7-16(8-10-17)14-24(30)29-13-3-5-22(29)20-12-11-18(25(31)32)21(28-20)15-33-23-6-2-1-4-19(23)27/h1-2,4,6-12,22H,3,5,13-15H2,(H,31,32)/t22-/m0/s1. The summed E-state index contributed by atoms with van der Waals surface area (Å²) in [6.45, 7) is 0.579. The number of amides is 1. The van der Waals surface area contributed by atoms with Crippen LogP contribution in [0.3, 0.4) is 0 Å². The van der Waals surface area contributed by atoms with Crippen molar-refractivity contribution in [1.82, 2.24) is 9.88 Å². The second-order valence-corrected chi connectivity index (χ2v) is 8.65. The van der Waals surface area contributed by atoms with Gasteiger partial charge in [-0.25, -0.2) is 4.79 Å². The number of aromatic carboxylic acids is 1. The molecule has 33 heavy (non-hydrogen) atoms. The Kier molecular flexibility index (Phi) is 7.16. The lowest BCUT2D eigenvalue weighted by Gasteiger charge is -2.25. The minimum absolute atomic E-state index is 0.00204. The van der Waals surface area contributed by atoms with E-state index in [2.05, 4.69) is 4.98 Å². The van der Waals surface area contributed by atoms with Crippen LogP contribution in [0.15, 0.2) is 60.7 Å². The van der Waals surface area contributed by atoms with Crippen molar-refractivity contribution in [2.75, 3.05) is 6.54 Å². The molecule has 3 aromatic rings. The molecule has 1 saturated heterocycles. The molecule has 0 radical (unpaired) electrons. The summed E-state index contributed by atoms with van der Waals surface area (Å²) < 4.78 is 5.75. The van der Waals surface area contributed by atoms with Gasteiger partial charge in [0.25, 0.3) is 0 Å². The summed E-state index contributed by atoms with van der Waals surface area (Å²) in [5, 5.41) is 10.7. The number of carbonyl (C=O) groups is 2. The second kappa shape index (κ2) is 10.2. The molecule has 6 nitrogen and oxygen atoms in total. The predicted octanol–water partition coefficient (Wildman–Crippen LogP) is 5.57. The maximum atomic E-state index is 13.0. The monoisotopic (exact) mass is 484 g/mol. The number of carboxylic acids is 1. The summed E-state index contributed by atoms with van der Waals surface area (Å²) in [5.41, 5.74) is 1.89. The minimum Gasteiger partial charge on any atom is -0.486 e. The van der Waals surface area contributed by atoms with Crippen LogP contribution in [0.25, 0.3) is 0 Å². The number of benzene rings is 2. The lowest BCUT2D eigenvalue weighted by molar-refractivity contribution is -0.131. The fourth-order valence-electron chi connectivity index (χ4n) is 3.97. The third-order valence-electron chi connectivity index (χ3n) is 5.61. The first-order chi connectivity index (χ1) is 15.9. The number of likely N-dealkylation sites (tertiary alicyclic amines) is 1. The number of carboxylic acid groups (broad SMARTS) is 1. The summed E-state index contributed by atoms with van der Waals surface area (Å²) in [7, 11) is 0. The molecule has 4 rings (SSSR count). The Bertz CT molecular complexity index is 1170. The zero-order valence-electron chi connectivity index (χ0n) is 17.7. The van der Waals surface area contributed by atoms with Gasteiger partial charge in [0.2, 0.25) is 5.91 Å². The van der Waals surface area contributed by atoms with Crippen LogP contribution in [-0.2, 0) is 17.8 Å². The largest absolute Gasteiger partial charge is 0.486 e. The van der Waals surface area contributed by atoms with E-state index in [4.69, 9.17) is 27.9 Å². The van der Waals surface area contributed by atoms with Crippen LogP contribution in [0, 0.1) is 0 Å². The molecule has 0 saturated carbocycles. The number of hydrogen-bond donors (Lipinski definition) is 1. The van der Waals surface area contributed by atoms with Crippen LogP contribution in [-0.4, -0.2) is 33.4 Å². The van der Waals surface area contributed by atoms with Crippen molar-refractivity contribution < 1.29 is 19.4 Å². The summed E-state index contributed by atoms with van der Waals surface area (Å²) in [4.78, 5) is 31.2. The van der Waals surface area contributed by atoms with Gasteiger partial charge < -0.3 is 14.7 Å². The van der Waals surface area contributed by atoms with Gasteiger partial charge in [-0.1, -0.05) is 47.5 Å². The first kappa shape index (κ1) is 23.1. The maximum Gasteiger partial charge on any atom is 0.337 e. The Balaban J connectivity index is 1.55. The van der Waals surface area contributed by atoms with E-state index in [0.717, 1.165) is 18.4 Å². The topological polar surface area (TPSA) is 79.7 Å². The third-order valence-corrected chi connectivity index (χ3v) is 6.17. The Labute approximate surface area is 201 Å². The molecule has 1 N–H and O–H groups in total. The highest BCUT2D eigenvalue weighted by Crippen LogP contribution is 2.32. The first-order valence-corrected chi connectivity index (χ1v) is 11.3. The molecule has 0 aliphatic carbocycles. The van der Waals surface area contributed by atoms with Crippen molar-refractivity contribution in [3.63, 3.8) is 0 Å². The maximum absolute atomic E-state index is 13.0. The van der Waals surface area contributed by atoms with Crippen LogP contribution < -0.4 is 4.74 Å². The van der Waals surface area contributed by atoms with Gasteiger partial charge in [-0.2, -0.15) is 0 Å². The van der Waals surface area contributed by atoms with Crippen LogP contribution in [0.1, 0.15) is 46.2 Å². The normalized spacial score (nSPS) is 15.5. The lowest BCUT2D eigenvalue weighted by Crippen LogP contribution is -2.32. The Morgan fingerprint density at radius 3 is 2.55 bits per heavy atom. The number of ether oxygens (including phenoxy) is 1. The summed E-state index contributed by atoms with van der Waals surface area (Å²) in [5.74, 6) is -0.643. The highest BCUT2D eigenvalue weighted by molar-refractivity contribution is 6.32. The van der Waals surface area contributed by atoms with Crippen molar-refractivity contribution in [3.05, 3.63) is 93.2 Å². The van der Waals surface area contributed by atoms with Crippen LogP contribution in [0.4, 0.5) is 0 Å². The SMILES string of the molecule is O=C(O)c1ccc([C@@H]2CCCN2C(=O)Cc2ccc(Cl)cc2)nc1COc1ccccc1Cl. The van der Waals surface area contributed by atoms with E-state index < -0.39 is 5.97 Å². The van der Waals surface area contributed by atoms with Gasteiger partial charge in [0.15, 0.2) is 0 Å². The summed E-state index contributed by atoms with van der Waals surface area (Å²) in [6, 6.07) is 17.2. The zero-order chi connectivity index (χ0) is 23.4. The molecule has 1 aliphatic rings. The summed E-state index contributed by atoms with van der Waals surface area (Å²) >= 11 is 12.1. The van der Waals surface area contributed by atoms with Gasteiger partial charge in [-0.05, 0) is 54.8 Å². The zero-order valence-corrected chi connectivity index (χ0v) is 19.2. The Morgan fingerprint density at radius 2 is 1.82 bits per heavy atom. The van der Waals surface area contributed by atoms with E-state index in [9.17, 15) is 14.7 Å². The lowest BCUT2D eigenvalue weighted by atomic mass is 10.1. The van der Waals surface area contributed by atoms with Crippen LogP contribution >= 0.6 is 23.2 Å². The van der Waals surface area contributed by atoms with Crippen molar-refractivity contribution in [2.45, 2.75) is 31.9 Å². The number of rotatable bonds is 7. The average Bonchev–Trinajstić information content (AvgIpc) is 3.30. The number of hydrogen-bond acceptors (Lipinski definition) is 4.